The van der Waals surface area contributed by atoms with Gasteiger partial charge >= 0.3 is 6.09 Å². The van der Waals surface area contributed by atoms with Gasteiger partial charge in [-0.15, -0.1) is 0 Å². The lowest BCUT2D eigenvalue weighted by molar-refractivity contribution is -0.123. The van der Waals surface area contributed by atoms with Crippen LogP contribution in [-0.4, -0.2) is 30.7 Å². The van der Waals surface area contributed by atoms with E-state index in [0.29, 0.717) is 0 Å². The largest absolute Gasteiger partial charge is 0.447 e. The molecule has 1 atom stereocenters. The van der Waals surface area contributed by atoms with Crippen molar-refractivity contribution in [2.45, 2.75) is 50.6 Å². The predicted octanol–water partition coefficient (Wildman–Crippen LogP) is 0.934. The molecule has 0 aromatic heterocycles. The number of hydrogen-bond donors (Lipinski definition) is 2. The van der Waals surface area contributed by atoms with E-state index in [4.69, 9.17) is 0 Å². The molecule has 5 nitrogen and oxygen atoms in total. The summed E-state index contributed by atoms with van der Waals surface area (Å²) in [5.41, 5.74) is 0. The molecule has 2 aliphatic rings. The smallest absolute Gasteiger partial charge is 0.407 e. The second kappa shape index (κ2) is 5.18. The van der Waals surface area contributed by atoms with Crippen LogP contribution in [-0.2, 0) is 9.53 Å². The lowest BCUT2D eigenvalue weighted by Gasteiger charge is -2.17. The molecule has 0 aromatic rings. The number of carbonyl (C=O) groups excluding carboxylic acids is 2. The molecule has 1 aliphatic heterocycles. The van der Waals surface area contributed by atoms with E-state index in [1.54, 1.807) is 0 Å². The Morgan fingerprint density at radius 3 is 2.50 bits per heavy atom. The fourth-order valence-electron chi connectivity index (χ4n) is 2.25. The van der Waals surface area contributed by atoms with Crippen molar-refractivity contribution in [1.82, 2.24) is 10.6 Å². The Labute approximate surface area is 94.9 Å². The number of alkyl carbamates (subject to hydrolysis) is 1. The molecule has 0 aromatic carbocycles. The Balaban J connectivity index is 1.79. The first-order valence-corrected chi connectivity index (χ1v) is 5.99. The summed E-state index contributed by atoms with van der Waals surface area (Å²) in [6, 6.07) is -0.233. The van der Waals surface area contributed by atoms with Crippen LogP contribution in [0, 0.1) is 0 Å². The molecule has 0 bridgehead atoms. The van der Waals surface area contributed by atoms with E-state index in [0.717, 1.165) is 12.8 Å². The molecular weight excluding hydrogens is 208 g/mol. The van der Waals surface area contributed by atoms with Gasteiger partial charge in [0.25, 0.3) is 0 Å². The van der Waals surface area contributed by atoms with Crippen molar-refractivity contribution >= 4 is 12.0 Å². The lowest BCUT2D eigenvalue weighted by atomic mass is 10.1. The zero-order valence-corrected chi connectivity index (χ0v) is 9.33. The highest BCUT2D eigenvalue weighted by Gasteiger charge is 2.29. The Morgan fingerprint density at radius 1 is 1.25 bits per heavy atom. The van der Waals surface area contributed by atoms with Crippen LogP contribution in [0.3, 0.4) is 0 Å². The third kappa shape index (κ3) is 2.87. The summed E-state index contributed by atoms with van der Waals surface area (Å²) in [5.74, 6) is -0.113. The van der Waals surface area contributed by atoms with Crippen LogP contribution in [0.4, 0.5) is 4.79 Å². The van der Waals surface area contributed by atoms with Crippen LogP contribution in [0.5, 0.6) is 0 Å². The maximum atomic E-state index is 11.8. The minimum Gasteiger partial charge on any atom is -0.447 e. The standard InChI is InChI=1S/C11H18N2O3/c14-10(9-7-16-11(15)13-9)12-8-5-3-1-2-4-6-8/h8-9H,1-7H2,(H,12,14)(H,13,15). The molecule has 1 saturated heterocycles. The van der Waals surface area contributed by atoms with Gasteiger partial charge in [-0.25, -0.2) is 4.79 Å². The molecule has 1 unspecified atom stereocenters. The average molecular weight is 226 g/mol. The molecule has 0 spiro atoms. The first-order chi connectivity index (χ1) is 7.75. The average Bonchev–Trinajstić information content (AvgIpc) is 2.54. The zero-order valence-electron chi connectivity index (χ0n) is 9.33. The van der Waals surface area contributed by atoms with Gasteiger partial charge in [0.15, 0.2) is 0 Å². The Kier molecular flexibility index (Phi) is 3.64. The molecule has 1 saturated carbocycles. The summed E-state index contributed by atoms with van der Waals surface area (Å²) >= 11 is 0. The monoisotopic (exact) mass is 226 g/mol. The number of amides is 2. The van der Waals surface area contributed by atoms with Gasteiger partial charge in [0, 0.05) is 6.04 Å². The zero-order chi connectivity index (χ0) is 11.4. The minimum absolute atomic E-state index is 0.113. The molecule has 2 rings (SSSR count). The summed E-state index contributed by atoms with van der Waals surface area (Å²) in [6.07, 6.45) is 6.48. The van der Waals surface area contributed by atoms with Gasteiger partial charge in [0.2, 0.25) is 5.91 Å². The first kappa shape index (κ1) is 11.2. The van der Waals surface area contributed by atoms with Crippen molar-refractivity contribution in [2.75, 3.05) is 6.61 Å². The SMILES string of the molecule is O=C1NC(C(=O)NC2CCCCCC2)CO1. The van der Waals surface area contributed by atoms with E-state index in [2.05, 4.69) is 15.4 Å². The molecule has 90 valence electrons. The maximum absolute atomic E-state index is 11.8. The number of ether oxygens (including phenoxy) is 1. The normalized spacial score (nSPS) is 26.8. The number of rotatable bonds is 2. The third-order valence-corrected chi connectivity index (χ3v) is 3.19. The van der Waals surface area contributed by atoms with E-state index in [1.165, 1.54) is 25.7 Å². The van der Waals surface area contributed by atoms with Crippen LogP contribution in [0.1, 0.15) is 38.5 Å². The van der Waals surface area contributed by atoms with Crippen molar-refractivity contribution in [3.63, 3.8) is 0 Å². The van der Waals surface area contributed by atoms with Crippen LogP contribution in [0.15, 0.2) is 0 Å². The number of nitrogens with one attached hydrogen (secondary N) is 2. The van der Waals surface area contributed by atoms with Gasteiger partial charge in [-0.05, 0) is 12.8 Å². The fraction of sp³-hybridized carbons (Fsp3) is 0.818. The van der Waals surface area contributed by atoms with Crippen molar-refractivity contribution in [3.8, 4) is 0 Å². The molecule has 5 heteroatoms. The van der Waals surface area contributed by atoms with E-state index in [9.17, 15) is 9.59 Å². The first-order valence-electron chi connectivity index (χ1n) is 5.99. The second-order valence-electron chi connectivity index (χ2n) is 4.49. The second-order valence-corrected chi connectivity index (χ2v) is 4.49. The highest BCUT2D eigenvalue weighted by Crippen LogP contribution is 2.17. The van der Waals surface area contributed by atoms with Crippen LogP contribution in [0.2, 0.25) is 0 Å². The Morgan fingerprint density at radius 2 is 1.94 bits per heavy atom. The van der Waals surface area contributed by atoms with E-state index < -0.39 is 12.1 Å². The van der Waals surface area contributed by atoms with E-state index in [-0.39, 0.29) is 18.6 Å². The summed E-state index contributed by atoms with van der Waals surface area (Å²) in [6.45, 7) is 0.150. The lowest BCUT2D eigenvalue weighted by Crippen LogP contribution is -2.46. The van der Waals surface area contributed by atoms with Gasteiger partial charge in [0.1, 0.15) is 12.6 Å². The number of carbonyl (C=O) groups is 2. The van der Waals surface area contributed by atoms with Gasteiger partial charge in [-0.3, -0.25) is 4.79 Å². The molecule has 2 N–H and O–H groups in total. The number of cyclic esters (lactones) is 1. The Bertz CT molecular complexity index is 272. The molecule has 2 amide bonds. The van der Waals surface area contributed by atoms with E-state index in [1.807, 2.05) is 0 Å². The van der Waals surface area contributed by atoms with Gasteiger partial charge in [-0.1, -0.05) is 25.7 Å². The van der Waals surface area contributed by atoms with Gasteiger partial charge in [-0.2, -0.15) is 0 Å². The van der Waals surface area contributed by atoms with Gasteiger partial charge in [0.05, 0.1) is 0 Å². The minimum atomic E-state index is -0.504. The highest BCUT2D eigenvalue weighted by atomic mass is 16.6. The quantitative estimate of drug-likeness (QED) is 0.688. The molecule has 1 heterocycles. The van der Waals surface area contributed by atoms with Crippen molar-refractivity contribution in [1.29, 1.82) is 0 Å². The molecule has 1 aliphatic carbocycles. The van der Waals surface area contributed by atoms with E-state index >= 15 is 0 Å². The molecule has 16 heavy (non-hydrogen) atoms. The van der Waals surface area contributed by atoms with Crippen molar-refractivity contribution in [2.24, 2.45) is 0 Å². The number of hydrogen-bond acceptors (Lipinski definition) is 3. The van der Waals surface area contributed by atoms with Crippen molar-refractivity contribution < 1.29 is 14.3 Å². The molecular formula is C11H18N2O3. The van der Waals surface area contributed by atoms with Crippen LogP contribution < -0.4 is 10.6 Å². The predicted molar refractivity (Wildman–Crippen MR) is 57.9 cm³/mol. The van der Waals surface area contributed by atoms with Crippen LogP contribution >= 0.6 is 0 Å². The maximum Gasteiger partial charge on any atom is 0.407 e. The summed E-state index contributed by atoms with van der Waals surface area (Å²) < 4.78 is 4.69. The third-order valence-electron chi connectivity index (χ3n) is 3.19. The molecule has 2 fully saturated rings. The summed E-state index contributed by atoms with van der Waals surface area (Å²) in [4.78, 5) is 22.6. The topological polar surface area (TPSA) is 67.4 Å². The van der Waals surface area contributed by atoms with Crippen molar-refractivity contribution in [3.05, 3.63) is 0 Å². The highest BCUT2D eigenvalue weighted by molar-refractivity contribution is 5.87. The molecule has 0 radical (unpaired) electrons. The Hall–Kier alpha value is -1.26. The summed E-state index contributed by atoms with van der Waals surface area (Å²) in [5, 5.41) is 5.47. The van der Waals surface area contributed by atoms with Crippen LogP contribution in [0.25, 0.3) is 0 Å². The van der Waals surface area contributed by atoms with Gasteiger partial charge < -0.3 is 15.4 Å². The fourth-order valence-corrected chi connectivity index (χ4v) is 2.25. The summed E-state index contributed by atoms with van der Waals surface area (Å²) in [7, 11) is 0.